The molecule has 34 heavy (non-hydrogen) atoms. The van der Waals surface area contributed by atoms with E-state index in [4.69, 9.17) is 4.74 Å². The average Bonchev–Trinajstić information content (AvgIpc) is 2.86. The molecular formula is C31H52F2O. The second-order valence-electron chi connectivity index (χ2n) is 11.8. The molecular weight excluding hydrogens is 426 g/mol. The van der Waals surface area contributed by atoms with Gasteiger partial charge in [-0.3, -0.25) is 0 Å². The van der Waals surface area contributed by atoms with Crippen molar-refractivity contribution in [2.45, 2.75) is 135 Å². The van der Waals surface area contributed by atoms with Gasteiger partial charge in [-0.2, -0.15) is 8.78 Å². The van der Waals surface area contributed by atoms with E-state index in [1.165, 1.54) is 103 Å². The Bertz CT molecular complexity index is 572. The number of ether oxygens (including phenoxy) is 1. The first-order valence-electron chi connectivity index (χ1n) is 14.9. The van der Waals surface area contributed by atoms with Crippen LogP contribution in [0.15, 0.2) is 24.3 Å². The SMILES string of the molecule is CCC/C=C/C1CCC(C2CCC(CCCCC3CCC(CCCC=C(F)F)CC3)OC2)CC1. The third-order valence-electron chi connectivity index (χ3n) is 9.22. The molecule has 3 fully saturated rings. The van der Waals surface area contributed by atoms with E-state index in [2.05, 4.69) is 19.1 Å². The lowest BCUT2D eigenvalue weighted by molar-refractivity contribution is -0.0421. The summed E-state index contributed by atoms with van der Waals surface area (Å²) < 4.78 is 30.6. The monoisotopic (exact) mass is 478 g/mol. The van der Waals surface area contributed by atoms with Crippen molar-refractivity contribution in [1.82, 2.24) is 0 Å². The zero-order chi connectivity index (χ0) is 24.0. The van der Waals surface area contributed by atoms with Crippen LogP contribution in [0.3, 0.4) is 0 Å². The Balaban J connectivity index is 1.18. The van der Waals surface area contributed by atoms with Crippen LogP contribution in [0.4, 0.5) is 8.78 Å². The van der Waals surface area contributed by atoms with Gasteiger partial charge in [0.15, 0.2) is 0 Å². The summed E-state index contributed by atoms with van der Waals surface area (Å²) in [6.45, 7) is 3.28. The molecule has 0 bridgehead atoms. The Morgan fingerprint density at radius 2 is 1.38 bits per heavy atom. The maximum atomic E-state index is 12.1. The van der Waals surface area contributed by atoms with Crippen LogP contribution in [0.25, 0.3) is 0 Å². The highest BCUT2D eigenvalue weighted by atomic mass is 19.3. The molecule has 3 aliphatic rings. The Morgan fingerprint density at radius 1 is 0.735 bits per heavy atom. The molecule has 0 aromatic rings. The van der Waals surface area contributed by atoms with Crippen molar-refractivity contribution in [2.24, 2.45) is 29.6 Å². The van der Waals surface area contributed by atoms with Gasteiger partial charge in [-0.25, -0.2) is 0 Å². The van der Waals surface area contributed by atoms with Crippen molar-refractivity contribution in [3.05, 3.63) is 24.3 Å². The maximum Gasteiger partial charge on any atom is 0.266 e. The first-order valence-corrected chi connectivity index (χ1v) is 14.9. The van der Waals surface area contributed by atoms with E-state index in [0.29, 0.717) is 12.5 Å². The van der Waals surface area contributed by atoms with Crippen LogP contribution in [-0.2, 0) is 4.74 Å². The smallest absolute Gasteiger partial charge is 0.266 e. The van der Waals surface area contributed by atoms with Gasteiger partial charge < -0.3 is 4.74 Å². The fraction of sp³-hybridized carbons (Fsp3) is 0.871. The van der Waals surface area contributed by atoms with Crippen LogP contribution in [0.5, 0.6) is 0 Å². The first-order chi connectivity index (χ1) is 16.6. The standard InChI is InChI=1S/C31H52F2O/c1-2-3-4-9-27-18-20-28(21-19-27)29-22-23-30(34-24-29)12-7-5-10-25-14-16-26(17-15-25)11-6-8-13-31(32)33/h4,9,13,25-30H,2-3,5-8,10-12,14-24H2,1H3/b9-4+. The summed E-state index contributed by atoms with van der Waals surface area (Å²) in [5, 5.41) is 0. The Hall–Kier alpha value is -0.700. The fourth-order valence-corrected chi connectivity index (χ4v) is 6.92. The van der Waals surface area contributed by atoms with E-state index in [1.807, 2.05) is 0 Å². The molecule has 0 aromatic heterocycles. The number of rotatable bonds is 13. The number of hydrogen-bond donors (Lipinski definition) is 0. The molecule has 1 nitrogen and oxygen atoms in total. The van der Waals surface area contributed by atoms with E-state index < -0.39 is 6.08 Å². The van der Waals surface area contributed by atoms with Crippen LogP contribution in [0, 0.1) is 29.6 Å². The summed E-state index contributed by atoms with van der Waals surface area (Å²) in [7, 11) is 0. The van der Waals surface area contributed by atoms with Gasteiger partial charge in [0.1, 0.15) is 0 Å². The maximum absolute atomic E-state index is 12.1. The number of halogens is 2. The van der Waals surface area contributed by atoms with Gasteiger partial charge in [0.25, 0.3) is 6.08 Å². The number of unbranched alkanes of at least 4 members (excludes halogenated alkanes) is 3. The molecule has 0 spiro atoms. The summed E-state index contributed by atoms with van der Waals surface area (Å²) in [6.07, 6.45) is 29.1. The average molecular weight is 479 g/mol. The summed E-state index contributed by atoms with van der Waals surface area (Å²) >= 11 is 0. The molecule has 1 aliphatic heterocycles. The normalized spacial score (nSPS) is 32.7. The molecule has 2 aliphatic carbocycles. The van der Waals surface area contributed by atoms with Crippen molar-refractivity contribution in [3.63, 3.8) is 0 Å². The summed E-state index contributed by atoms with van der Waals surface area (Å²) in [6, 6.07) is 0. The summed E-state index contributed by atoms with van der Waals surface area (Å²) in [4.78, 5) is 0. The van der Waals surface area contributed by atoms with Gasteiger partial charge in [0.05, 0.1) is 12.7 Å². The topological polar surface area (TPSA) is 9.23 Å². The van der Waals surface area contributed by atoms with Crippen LogP contribution < -0.4 is 0 Å². The highest BCUT2D eigenvalue weighted by Crippen LogP contribution is 2.39. The largest absolute Gasteiger partial charge is 0.378 e. The molecule has 3 heteroatoms. The van der Waals surface area contributed by atoms with Gasteiger partial charge in [-0.1, -0.05) is 76.9 Å². The van der Waals surface area contributed by atoms with E-state index in [0.717, 1.165) is 55.1 Å². The molecule has 1 heterocycles. The Labute approximate surface area is 209 Å². The summed E-state index contributed by atoms with van der Waals surface area (Å²) in [5.41, 5.74) is 0. The lowest BCUT2D eigenvalue weighted by atomic mass is 9.73. The van der Waals surface area contributed by atoms with Gasteiger partial charge in [-0.15, -0.1) is 0 Å². The molecule has 2 unspecified atom stereocenters. The predicted octanol–water partition coefficient (Wildman–Crippen LogP) is 10.3. The minimum atomic E-state index is -1.52. The first kappa shape index (κ1) is 27.9. The lowest BCUT2D eigenvalue weighted by Gasteiger charge is -2.37. The third-order valence-corrected chi connectivity index (χ3v) is 9.22. The minimum absolute atomic E-state index is 0.517. The number of hydrogen-bond acceptors (Lipinski definition) is 1. The molecule has 2 atom stereocenters. The Kier molecular flexibility index (Phi) is 13.2. The molecule has 0 radical (unpaired) electrons. The second-order valence-corrected chi connectivity index (χ2v) is 11.8. The fourth-order valence-electron chi connectivity index (χ4n) is 6.92. The van der Waals surface area contributed by atoms with Crippen molar-refractivity contribution >= 4 is 0 Å². The predicted molar refractivity (Wildman–Crippen MR) is 140 cm³/mol. The quantitative estimate of drug-likeness (QED) is 0.189. The van der Waals surface area contributed by atoms with Gasteiger partial charge in [0, 0.05) is 0 Å². The van der Waals surface area contributed by atoms with E-state index >= 15 is 0 Å². The molecule has 0 N–H and O–H groups in total. The van der Waals surface area contributed by atoms with Crippen LogP contribution in [-0.4, -0.2) is 12.7 Å². The summed E-state index contributed by atoms with van der Waals surface area (Å²) in [5.74, 6) is 4.25. The van der Waals surface area contributed by atoms with Crippen LogP contribution >= 0.6 is 0 Å². The molecule has 3 rings (SSSR count). The van der Waals surface area contributed by atoms with Crippen molar-refractivity contribution < 1.29 is 13.5 Å². The highest BCUT2D eigenvalue weighted by molar-refractivity contribution is 4.92. The van der Waals surface area contributed by atoms with E-state index in [9.17, 15) is 8.78 Å². The van der Waals surface area contributed by atoms with Crippen molar-refractivity contribution in [3.8, 4) is 0 Å². The van der Waals surface area contributed by atoms with Crippen LogP contribution in [0.1, 0.15) is 129 Å². The van der Waals surface area contributed by atoms with E-state index in [1.54, 1.807) is 0 Å². The molecule has 1 saturated heterocycles. The minimum Gasteiger partial charge on any atom is -0.378 e. The van der Waals surface area contributed by atoms with E-state index in [-0.39, 0.29) is 0 Å². The molecule has 0 amide bonds. The van der Waals surface area contributed by atoms with Gasteiger partial charge in [0.2, 0.25) is 0 Å². The van der Waals surface area contributed by atoms with Crippen molar-refractivity contribution in [2.75, 3.05) is 6.61 Å². The van der Waals surface area contributed by atoms with Crippen LogP contribution in [0.2, 0.25) is 0 Å². The molecule has 196 valence electrons. The van der Waals surface area contributed by atoms with Crippen molar-refractivity contribution in [1.29, 1.82) is 0 Å². The molecule has 2 saturated carbocycles. The third kappa shape index (κ3) is 10.5. The highest BCUT2D eigenvalue weighted by Gasteiger charge is 2.30. The van der Waals surface area contributed by atoms with Gasteiger partial charge >= 0.3 is 0 Å². The number of allylic oxidation sites excluding steroid dienone is 3. The zero-order valence-electron chi connectivity index (χ0n) is 22.0. The zero-order valence-corrected chi connectivity index (χ0v) is 22.0. The second kappa shape index (κ2) is 16.1. The lowest BCUT2D eigenvalue weighted by Crippen LogP contribution is -2.32. The molecule has 0 aromatic carbocycles. The Morgan fingerprint density at radius 3 is 2.00 bits per heavy atom. The van der Waals surface area contributed by atoms with Gasteiger partial charge in [-0.05, 0) is 99.9 Å².